The van der Waals surface area contributed by atoms with Crippen LogP contribution in [0.5, 0.6) is 5.75 Å². The minimum atomic E-state index is -3.86. The Bertz CT molecular complexity index is 651. The van der Waals surface area contributed by atoms with E-state index in [1.54, 1.807) is 12.1 Å². The summed E-state index contributed by atoms with van der Waals surface area (Å²) in [6.45, 7) is 7.55. The summed E-state index contributed by atoms with van der Waals surface area (Å²) in [5.41, 5.74) is 0.774. The minimum Gasteiger partial charge on any atom is -0.495 e. The molecule has 0 fully saturated rings. The van der Waals surface area contributed by atoms with Crippen molar-refractivity contribution in [2.24, 2.45) is 5.14 Å². The molecule has 1 aromatic rings. The van der Waals surface area contributed by atoms with E-state index in [0.29, 0.717) is 6.42 Å². The number of benzene rings is 1. The van der Waals surface area contributed by atoms with Crippen molar-refractivity contribution in [2.75, 3.05) is 7.11 Å². The predicted molar refractivity (Wildman–Crippen MR) is 88.6 cm³/mol. The van der Waals surface area contributed by atoms with Crippen LogP contribution in [0.3, 0.4) is 0 Å². The highest BCUT2D eigenvalue weighted by Crippen LogP contribution is 2.24. The number of hydrogen-bond donors (Lipinski definition) is 2. The molecule has 0 radical (unpaired) electrons. The van der Waals surface area contributed by atoms with Crippen molar-refractivity contribution in [3.63, 3.8) is 0 Å². The standard InChI is InChI=1S/C14H24N2O4S2/c1-10(16-21(17)14(2,3)4)8-11-6-7-12(20-5)13(9-11)22(15,18)19/h6-7,9-10,16H,8H2,1-5H3,(H2,15,18,19)/t10-,21-/m1/s1. The first-order valence-electron chi connectivity index (χ1n) is 6.83. The van der Waals surface area contributed by atoms with E-state index in [1.165, 1.54) is 13.2 Å². The Hall–Kier alpha value is -0.960. The van der Waals surface area contributed by atoms with Crippen molar-refractivity contribution >= 4 is 21.0 Å². The number of nitrogens with one attached hydrogen (secondary N) is 1. The van der Waals surface area contributed by atoms with E-state index in [9.17, 15) is 12.6 Å². The highest BCUT2D eigenvalue weighted by atomic mass is 32.2. The molecule has 0 aliphatic heterocycles. The summed E-state index contributed by atoms with van der Waals surface area (Å²) in [7, 11) is -3.65. The van der Waals surface area contributed by atoms with Crippen LogP contribution in [0.1, 0.15) is 33.3 Å². The number of methoxy groups -OCH3 is 1. The second-order valence-corrected chi connectivity index (χ2v) is 9.66. The second-order valence-electron chi connectivity index (χ2n) is 6.13. The van der Waals surface area contributed by atoms with Crippen LogP contribution >= 0.6 is 0 Å². The molecule has 22 heavy (non-hydrogen) atoms. The van der Waals surface area contributed by atoms with Gasteiger partial charge in [-0.05, 0) is 51.8 Å². The number of hydrogen-bond acceptors (Lipinski definition) is 4. The van der Waals surface area contributed by atoms with Crippen molar-refractivity contribution in [2.45, 2.75) is 49.8 Å². The quantitative estimate of drug-likeness (QED) is 0.810. The zero-order valence-corrected chi connectivity index (χ0v) is 15.2. The van der Waals surface area contributed by atoms with E-state index in [4.69, 9.17) is 9.88 Å². The summed E-state index contributed by atoms with van der Waals surface area (Å²) in [6.07, 6.45) is 0.522. The Morgan fingerprint density at radius 3 is 2.41 bits per heavy atom. The molecule has 0 saturated carbocycles. The summed E-state index contributed by atoms with van der Waals surface area (Å²) in [4.78, 5) is -0.0448. The Morgan fingerprint density at radius 2 is 1.95 bits per heavy atom. The average molecular weight is 348 g/mol. The van der Waals surface area contributed by atoms with E-state index < -0.39 is 21.0 Å². The van der Waals surface area contributed by atoms with E-state index in [-0.39, 0.29) is 21.4 Å². The van der Waals surface area contributed by atoms with Crippen molar-refractivity contribution in [3.8, 4) is 5.75 Å². The molecule has 3 N–H and O–H groups in total. The Balaban J connectivity index is 2.93. The Kier molecular flexibility index (Phi) is 6.14. The lowest BCUT2D eigenvalue weighted by atomic mass is 10.1. The minimum absolute atomic E-state index is 0.0448. The van der Waals surface area contributed by atoms with Crippen LogP contribution in [-0.2, 0) is 27.4 Å². The molecule has 0 aromatic heterocycles. The van der Waals surface area contributed by atoms with Gasteiger partial charge in [0.25, 0.3) is 0 Å². The fourth-order valence-corrected chi connectivity index (χ4v) is 3.37. The van der Waals surface area contributed by atoms with Crippen LogP contribution in [-0.4, -0.2) is 30.5 Å². The zero-order chi connectivity index (χ0) is 17.1. The molecule has 0 unspecified atom stereocenters. The van der Waals surface area contributed by atoms with Gasteiger partial charge in [-0.1, -0.05) is 6.07 Å². The molecule has 126 valence electrons. The van der Waals surface area contributed by atoms with Crippen LogP contribution in [0.2, 0.25) is 0 Å². The predicted octanol–water partition coefficient (Wildman–Crippen LogP) is 1.33. The third-order valence-electron chi connectivity index (χ3n) is 2.94. The molecule has 0 amide bonds. The van der Waals surface area contributed by atoms with Crippen molar-refractivity contribution in [1.29, 1.82) is 0 Å². The fraction of sp³-hybridized carbons (Fsp3) is 0.571. The maximum atomic E-state index is 12.1. The van der Waals surface area contributed by atoms with Gasteiger partial charge >= 0.3 is 0 Å². The lowest BCUT2D eigenvalue weighted by Gasteiger charge is -2.22. The Morgan fingerprint density at radius 1 is 1.36 bits per heavy atom. The van der Waals surface area contributed by atoms with E-state index in [2.05, 4.69) is 4.72 Å². The molecule has 2 atom stereocenters. The van der Waals surface area contributed by atoms with Crippen molar-refractivity contribution < 1.29 is 17.4 Å². The van der Waals surface area contributed by atoms with E-state index in [0.717, 1.165) is 5.56 Å². The number of rotatable bonds is 6. The summed E-state index contributed by atoms with van der Waals surface area (Å²) in [6, 6.07) is 4.75. The average Bonchev–Trinajstić information content (AvgIpc) is 2.36. The Labute approximate surface area is 135 Å². The number of sulfonamides is 1. The molecule has 0 saturated heterocycles. The SMILES string of the molecule is COc1ccc(C[C@@H](C)N[S@](=O)C(C)(C)C)cc1S(N)(=O)=O. The van der Waals surface area contributed by atoms with Gasteiger partial charge in [0.2, 0.25) is 10.0 Å². The first kappa shape index (κ1) is 19.1. The van der Waals surface area contributed by atoms with Gasteiger partial charge < -0.3 is 4.74 Å². The van der Waals surface area contributed by atoms with Crippen molar-refractivity contribution in [3.05, 3.63) is 23.8 Å². The molecule has 0 heterocycles. The van der Waals surface area contributed by atoms with Gasteiger partial charge in [-0.15, -0.1) is 0 Å². The molecule has 1 rings (SSSR count). The molecule has 0 aliphatic carbocycles. The molecular weight excluding hydrogens is 324 g/mol. The maximum Gasteiger partial charge on any atom is 0.241 e. The van der Waals surface area contributed by atoms with Crippen LogP contribution < -0.4 is 14.6 Å². The van der Waals surface area contributed by atoms with Crippen LogP contribution in [0.4, 0.5) is 0 Å². The normalized spacial score (nSPS) is 15.4. The van der Waals surface area contributed by atoms with Gasteiger partial charge in [-0.3, -0.25) is 0 Å². The summed E-state index contributed by atoms with van der Waals surface area (Å²) < 4.78 is 42.9. The molecular formula is C14H24N2O4S2. The topological polar surface area (TPSA) is 98.5 Å². The number of ether oxygens (including phenoxy) is 1. The monoisotopic (exact) mass is 348 g/mol. The lowest BCUT2D eigenvalue weighted by molar-refractivity contribution is 0.402. The number of nitrogens with two attached hydrogens (primary N) is 1. The van der Waals surface area contributed by atoms with Gasteiger partial charge in [0.15, 0.2) is 0 Å². The first-order chi connectivity index (χ1) is 9.95. The van der Waals surface area contributed by atoms with E-state index in [1.807, 2.05) is 27.7 Å². The van der Waals surface area contributed by atoms with Crippen molar-refractivity contribution in [1.82, 2.24) is 4.72 Å². The van der Waals surface area contributed by atoms with Crippen LogP contribution in [0.25, 0.3) is 0 Å². The fourth-order valence-electron chi connectivity index (χ4n) is 1.83. The van der Waals surface area contributed by atoms with Gasteiger partial charge in [-0.25, -0.2) is 22.5 Å². The highest BCUT2D eigenvalue weighted by molar-refractivity contribution is 7.89. The summed E-state index contributed by atoms with van der Waals surface area (Å²) >= 11 is 0. The largest absolute Gasteiger partial charge is 0.495 e. The molecule has 1 aromatic carbocycles. The van der Waals surface area contributed by atoms with Gasteiger partial charge in [0.1, 0.15) is 10.6 Å². The zero-order valence-electron chi connectivity index (χ0n) is 13.5. The van der Waals surface area contributed by atoms with E-state index >= 15 is 0 Å². The third-order valence-corrected chi connectivity index (χ3v) is 5.60. The van der Waals surface area contributed by atoms with Gasteiger partial charge in [0.05, 0.1) is 22.8 Å². The van der Waals surface area contributed by atoms with Crippen LogP contribution in [0, 0.1) is 0 Å². The maximum absolute atomic E-state index is 12.1. The molecule has 8 heteroatoms. The number of primary sulfonamides is 1. The smallest absolute Gasteiger partial charge is 0.241 e. The lowest BCUT2D eigenvalue weighted by Crippen LogP contribution is -2.39. The van der Waals surface area contributed by atoms with Gasteiger partial charge in [0, 0.05) is 6.04 Å². The van der Waals surface area contributed by atoms with Crippen LogP contribution in [0.15, 0.2) is 23.1 Å². The third kappa shape index (κ3) is 5.35. The molecule has 0 aliphatic rings. The second kappa shape index (κ2) is 7.08. The summed E-state index contributed by atoms with van der Waals surface area (Å²) in [5.74, 6) is 0.213. The summed E-state index contributed by atoms with van der Waals surface area (Å²) in [5, 5.41) is 5.20. The molecule has 6 nitrogen and oxygen atoms in total. The molecule has 0 bridgehead atoms. The van der Waals surface area contributed by atoms with Gasteiger partial charge in [-0.2, -0.15) is 0 Å². The highest BCUT2D eigenvalue weighted by Gasteiger charge is 2.22. The molecule has 0 spiro atoms. The first-order valence-corrected chi connectivity index (χ1v) is 9.52.